The highest BCUT2D eigenvalue weighted by Crippen LogP contribution is 2.36. The van der Waals surface area contributed by atoms with Crippen LogP contribution >= 0.6 is 0 Å². The number of hydrogen-bond donors (Lipinski definition) is 2. The predicted molar refractivity (Wildman–Crippen MR) is 73.7 cm³/mol. The summed E-state index contributed by atoms with van der Waals surface area (Å²) in [4.78, 5) is 25.0. The van der Waals surface area contributed by atoms with Gasteiger partial charge in [-0.25, -0.2) is 0 Å². The van der Waals surface area contributed by atoms with Crippen molar-refractivity contribution in [3.63, 3.8) is 0 Å². The molecular formula is C14H26N2O3. The van der Waals surface area contributed by atoms with Gasteiger partial charge in [0.1, 0.15) is 0 Å². The highest BCUT2D eigenvalue weighted by molar-refractivity contribution is 5.78. The molecule has 1 aliphatic rings. The van der Waals surface area contributed by atoms with E-state index >= 15 is 0 Å². The molecule has 0 unspecified atom stereocenters. The van der Waals surface area contributed by atoms with E-state index < -0.39 is 11.5 Å². The molecule has 0 bridgehead atoms. The summed E-state index contributed by atoms with van der Waals surface area (Å²) in [5, 5.41) is 9.12. The minimum Gasteiger partial charge on any atom is -0.481 e. The third-order valence-corrected chi connectivity index (χ3v) is 4.19. The normalized spacial score (nSPS) is 18.0. The molecule has 19 heavy (non-hydrogen) atoms. The minimum absolute atomic E-state index is 0.0524. The molecule has 0 aromatic rings. The van der Waals surface area contributed by atoms with Gasteiger partial charge in [-0.1, -0.05) is 19.3 Å². The summed E-state index contributed by atoms with van der Waals surface area (Å²) < 4.78 is 0. The first-order chi connectivity index (χ1) is 9.02. The van der Waals surface area contributed by atoms with E-state index in [2.05, 4.69) is 0 Å². The van der Waals surface area contributed by atoms with Crippen molar-refractivity contribution in [2.45, 2.75) is 63.3 Å². The number of rotatable bonds is 7. The summed E-state index contributed by atoms with van der Waals surface area (Å²) in [6.45, 7) is 0.595. The van der Waals surface area contributed by atoms with Crippen LogP contribution in [0.3, 0.4) is 0 Å². The number of carboxylic acids is 1. The highest BCUT2D eigenvalue weighted by Gasteiger charge is 2.40. The molecular weight excluding hydrogens is 244 g/mol. The zero-order valence-electron chi connectivity index (χ0n) is 11.9. The summed E-state index contributed by atoms with van der Waals surface area (Å²) >= 11 is 0. The molecule has 0 radical (unpaired) electrons. The first kappa shape index (κ1) is 16.0. The first-order valence-electron chi connectivity index (χ1n) is 7.20. The van der Waals surface area contributed by atoms with Crippen LogP contribution < -0.4 is 5.73 Å². The number of carbonyl (C=O) groups is 2. The van der Waals surface area contributed by atoms with Gasteiger partial charge in [0.25, 0.3) is 0 Å². The third kappa shape index (κ3) is 4.49. The van der Waals surface area contributed by atoms with Crippen LogP contribution in [0.2, 0.25) is 0 Å². The molecule has 0 aliphatic heterocycles. The molecule has 0 aromatic carbocycles. The SMILES string of the molecule is CN(C(=O)CCCCN)C1(CC(=O)O)CCCCC1. The van der Waals surface area contributed by atoms with Gasteiger partial charge in [-0.3, -0.25) is 9.59 Å². The minimum atomic E-state index is -0.816. The lowest BCUT2D eigenvalue weighted by atomic mass is 9.78. The molecule has 0 atom stereocenters. The Morgan fingerprint density at radius 3 is 2.37 bits per heavy atom. The van der Waals surface area contributed by atoms with Crippen molar-refractivity contribution in [1.29, 1.82) is 0 Å². The maximum absolute atomic E-state index is 12.2. The Bertz CT molecular complexity index is 312. The molecule has 1 amide bonds. The third-order valence-electron chi connectivity index (χ3n) is 4.19. The Kier molecular flexibility index (Phi) is 6.28. The first-order valence-corrected chi connectivity index (χ1v) is 7.20. The van der Waals surface area contributed by atoms with Gasteiger partial charge in [0.15, 0.2) is 0 Å². The maximum atomic E-state index is 12.2. The van der Waals surface area contributed by atoms with Crippen LogP contribution in [0.4, 0.5) is 0 Å². The van der Waals surface area contributed by atoms with E-state index in [1.165, 1.54) is 0 Å². The van der Waals surface area contributed by atoms with Crippen molar-refractivity contribution in [3.05, 3.63) is 0 Å². The molecule has 1 fully saturated rings. The highest BCUT2D eigenvalue weighted by atomic mass is 16.4. The van der Waals surface area contributed by atoms with Crippen molar-refractivity contribution in [3.8, 4) is 0 Å². The Hall–Kier alpha value is -1.10. The maximum Gasteiger partial charge on any atom is 0.305 e. The van der Waals surface area contributed by atoms with Gasteiger partial charge < -0.3 is 15.7 Å². The van der Waals surface area contributed by atoms with E-state index in [1.54, 1.807) is 11.9 Å². The molecule has 1 rings (SSSR count). The van der Waals surface area contributed by atoms with Gasteiger partial charge in [-0.15, -0.1) is 0 Å². The molecule has 0 spiro atoms. The fraction of sp³-hybridized carbons (Fsp3) is 0.857. The van der Waals surface area contributed by atoms with Gasteiger partial charge in [-0.2, -0.15) is 0 Å². The molecule has 0 saturated heterocycles. The number of amides is 1. The Morgan fingerprint density at radius 1 is 1.21 bits per heavy atom. The Labute approximate surface area is 115 Å². The number of nitrogens with zero attached hydrogens (tertiary/aromatic N) is 1. The quantitative estimate of drug-likeness (QED) is 0.690. The van der Waals surface area contributed by atoms with Gasteiger partial charge in [-0.05, 0) is 32.2 Å². The van der Waals surface area contributed by atoms with Crippen LogP contribution in [0.15, 0.2) is 0 Å². The van der Waals surface area contributed by atoms with Crippen molar-refractivity contribution in [2.75, 3.05) is 13.6 Å². The molecule has 0 aromatic heterocycles. The molecule has 1 saturated carbocycles. The number of carbonyl (C=O) groups excluding carboxylic acids is 1. The van der Waals surface area contributed by atoms with E-state index in [0.29, 0.717) is 13.0 Å². The average Bonchev–Trinajstić information content (AvgIpc) is 2.38. The topological polar surface area (TPSA) is 83.6 Å². The zero-order valence-corrected chi connectivity index (χ0v) is 11.9. The van der Waals surface area contributed by atoms with Gasteiger partial charge in [0.2, 0.25) is 5.91 Å². The van der Waals surface area contributed by atoms with Crippen molar-refractivity contribution >= 4 is 11.9 Å². The summed E-state index contributed by atoms with van der Waals surface area (Å²) in [6, 6.07) is 0. The molecule has 3 N–H and O–H groups in total. The summed E-state index contributed by atoms with van der Waals surface area (Å²) in [5.74, 6) is -0.764. The standard InChI is InChI=1S/C14H26N2O3/c1-16(12(17)7-3-6-10-15)14(11-13(18)19)8-4-2-5-9-14/h2-11,15H2,1H3,(H,18,19). The lowest BCUT2D eigenvalue weighted by molar-refractivity contribution is -0.146. The summed E-state index contributed by atoms with van der Waals surface area (Å²) in [6.07, 6.45) is 6.91. The summed E-state index contributed by atoms with van der Waals surface area (Å²) in [7, 11) is 1.76. The fourth-order valence-corrected chi connectivity index (χ4v) is 2.97. The number of carboxylic acid groups (broad SMARTS) is 1. The molecule has 1 aliphatic carbocycles. The second kappa shape index (κ2) is 7.48. The second-order valence-electron chi connectivity index (χ2n) is 5.55. The van der Waals surface area contributed by atoms with Crippen molar-refractivity contribution < 1.29 is 14.7 Å². The van der Waals surface area contributed by atoms with E-state index in [0.717, 1.165) is 44.9 Å². The number of hydrogen-bond acceptors (Lipinski definition) is 3. The van der Waals surface area contributed by atoms with Gasteiger partial charge in [0, 0.05) is 13.5 Å². The van der Waals surface area contributed by atoms with E-state index in [4.69, 9.17) is 10.8 Å². The lowest BCUT2D eigenvalue weighted by Gasteiger charge is -2.44. The number of unbranched alkanes of at least 4 members (excludes halogenated alkanes) is 1. The predicted octanol–water partition coefficient (Wildman–Crippen LogP) is 1.75. The fourth-order valence-electron chi connectivity index (χ4n) is 2.97. The average molecular weight is 270 g/mol. The monoisotopic (exact) mass is 270 g/mol. The molecule has 110 valence electrons. The smallest absolute Gasteiger partial charge is 0.305 e. The Morgan fingerprint density at radius 2 is 1.84 bits per heavy atom. The number of nitrogens with two attached hydrogens (primary N) is 1. The van der Waals surface area contributed by atoms with Gasteiger partial charge in [0.05, 0.1) is 12.0 Å². The van der Waals surface area contributed by atoms with Crippen LogP contribution in [0, 0.1) is 0 Å². The molecule has 0 heterocycles. The van der Waals surface area contributed by atoms with Crippen LogP contribution in [-0.2, 0) is 9.59 Å². The molecule has 5 heteroatoms. The number of aliphatic carboxylic acids is 1. The van der Waals surface area contributed by atoms with Crippen molar-refractivity contribution in [1.82, 2.24) is 4.90 Å². The summed E-state index contributed by atoms with van der Waals surface area (Å²) in [5.41, 5.74) is 4.95. The Balaban J connectivity index is 2.67. The van der Waals surface area contributed by atoms with Gasteiger partial charge >= 0.3 is 5.97 Å². The van der Waals surface area contributed by atoms with Crippen LogP contribution in [0.5, 0.6) is 0 Å². The molecule has 5 nitrogen and oxygen atoms in total. The van der Waals surface area contributed by atoms with Crippen LogP contribution in [-0.4, -0.2) is 41.0 Å². The zero-order chi connectivity index (χ0) is 14.3. The van der Waals surface area contributed by atoms with Crippen LogP contribution in [0.25, 0.3) is 0 Å². The van der Waals surface area contributed by atoms with E-state index in [-0.39, 0.29) is 12.3 Å². The largest absolute Gasteiger partial charge is 0.481 e. The van der Waals surface area contributed by atoms with Crippen molar-refractivity contribution in [2.24, 2.45) is 5.73 Å². The van der Waals surface area contributed by atoms with E-state index in [9.17, 15) is 9.59 Å². The van der Waals surface area contributed by atoms with E-state index in [1.807, 2.05) is 0 Å². The lowest BCUT2D eigenvalue weighted by Crippen LogP contribution is -2.52. The second-order valence-corrected chi connectivity index (χ2v) is 5.55. The van der Waals surface area contributed by atoms with Crippen LogP contribution in [0.1, 0.15) is 57.8 Å².